The first-order valence-electron chi connectivity index (χ1n) is 7.64. The Bertz CT molecular complexity index is 959. The largest absolute Gasteiger partial charge is 0.497 e. The molecule has 0 atom stereocenters. The summed E-state index contributed by atoms with van der Waals surface area (Å²) in [6.07, 6.45) is 0.960. The number of carbonyl (C=O) groups is 1. The second-order valence-corrected chi connectivity index (χ2v) is 7.22. The van der Waals surface area contributed by atoms with E-state index in [1.807, 2.05) is 30.3 Å². The first kappa shape index (κ1) is 16.9. The molecule has 4 nitrogen and oxygen atoms in total. The molecule has 0 aliphatic heterocycles. The highest BCUT2D eigenvalue weighted by Crippen LogP contribution is 2.23. The van der Waals surface area contributed by atoms with Gasteiger partial charge in [-0.25, -0.2) is 0 Å². The summed E-state index contributed by atoms with van der Waals surface area (Å²) >= 11 is 4.91. The van der Waals surface area contributed by atoms with Crippen molar-refractivity contribution in [3.05, 3.63) is 57.3 Å². The maximum Gasteiger partial charge on any atom is 0.279 e. The number of carbonyl (C=O) groups excluding carboxylic acids is 1. The van der Waals surface area contributed by atoms with Gasteiger partial charge in [0, 0.05) is 22.6 Å². The van der Waals surface area contributed by atoms with E-state index in [1.165, 1.54) is 11.3 Å². The topological polar surface area (TPSA) is 43.6 Å². The van der Waals surface area contributed by atoms with Gasteiger partial charge in [0.15, 0.2) is 4.80 Å². The lowest BCUT2D eigenvalue weighted by Crippen LogP contribution is -2.16. The first-order valence-corrected chi connectivity index (χ1v) is 9.25. The molecule has 124 valence electrons. The van der Waals surface area contributed by atoms with Crippen LogP contribution in [0.2, 0.25) is 0 Å². The van der Waals surface area contributed by atoms with Crippen LogP contribution in [0, 0.1) is 0 Å². The number of halogens is 1. The smallest absolute Gasteiger partial charge is 0.279 e. The molecule has 0 aliphatic rings. The van der Waals surface area contributed by atoms with E-state index < -0.39 is 0 Å². The Morgan fingerprint density at radius 2 is 2.12 bits per heavy atom. The van der Waals surface area contributed by atoms with Gasteiger partial charge in [-0.1, -0.05) is 40.3 Å². The van der Waals surface area contributed by atoms with Gasteiger partial charge >= 0.3 is 0 Å². The van der Waals surface area contributed by atoms with Crippen molar-refractivity contribution in [1.82, 2.24) is 4.57 Å². The normalized spacial score (nSPS) is 11.9. The summed E-state index contributed by atoms with van der Waals surface area (Å²) in [7, 11) is 1.65. The fraction of sp³-hybridized carbons (Fsp3) is 0.222. The van der Waals surface area contributed by atoms with Crippen LogP contribution in [-0.2, 0) is 6.54 Å². The fourth-order valence-corrected chi connectivity index (χ4v) is 3.91. The van der Waals surface area contributed by atoms with E-state index in [1.54, 1.807) is 19.2 Å². The molecule has 2 aromatic carbocycles. The molecule has 0 spiro atoms. The summed E-state index contributed by atoms with van der Waals surface area (Å²) < 4.78 is 9.35. The average Bonchev–Trinajstić information content (AvgIpc) is 2.92. The fourth-order valence-electron chi connectivity index (χ4n) is 2.47. The van der Waals surface area contributed by atoms with Gasteiger partial charge in [-0.15, -0.1) is 0 Å². The van der Waals surface area contributed by atoms with Gasteiger partial charge in [0.2, 0.25) is 0 Å². The Balaban J connectivity index is 2.13. The lowest BCUT2D eigenvalue weighted by Gasteiger charge is -2.04. The number of ether oxygens (including phenoxy) is 1. The summed E-state index contributed by atoms with van der Waals surface area (Å²) in [6, 6.07) is 13.2. The van der Waals surface area contributed by atoms with Crippen LogP contribution >= 0.6 is 27.3 Å². The van der Waals surface area contributed by atoms with Crippen LogP contribution in [0.15, 0.2) is 51.9 Å². The minimum absolute atomic E-state index is 0.236. The molecule has 24 heavy (non-hydrogen) atoms. The molecule has 6 heteroatoms. The van der Waals surface area contributed by atoms with Crippen LogP contribution in [0.4, 0.5) is 0 Å². The second kappa shape index (κ2) is 7.32. The van der Waals surface area contributed by atoms with E-state index in [-0.39, 0.29) is 5.91 Å². The van der Waals surface area contributed by atoms with Gasteiger partial charge in [-0.2, -0.15) is 4.99 Å². The molecule has 3 rings (SSSR count). The second-order valence-electron chi connectivity index (χ2n) is 5.30. The van der Waals surface area contributed by atoms with E-state index >= 15 is 0 Å². The molecular weight excluding hydrogens is 388 g/mol. The minimum atomic E-state index is -0.236. The SMILES string of the molecule is CCCn1c(=NC(=O)c2cccc(Br)c2)sc2ccc(OC)cc21. The maximum absolute atomic E-state index is 12.5. The predicted molar refractivity (Wildman–Crippen MR) is 101 cm³/mol. The number of aryl methyl sites for hydroxylation is 1. The average molecular weight is 405 g/mol. The summed E-state index contributed by atoms with van der Waals surface area (Å²) in [5.41, 5.74) is 1.62. The number of aromatic nitrogens is 1. The molecule has 3 aromatic rings. The predicted octanol–water partition coefficient (Wildman–Crippen LogP) is 4.63. The van der Waals surface area contributed by atoms with E-state index in [2.05, 4.69) is 32.4 Å². The lowest BCUT2D eigenvalue weighted by molar-refractivity contribution is 0.0997. The third kappa shape index (κ3) is 3.44. The molecule has 1 aromatic heterocycles. The highest BCUT2D eigenvalue weighted by atomic mass is 79.9. The number of fused-ring (bicyclic) bond motifs is 1. The van der Waals surface area contributed by atoms with E-state index in [9.17, 15) is 4.79 Å². The number of hydrogen-bond acceptors (Lipinski definition) is 3. The summed E-state index contributed by atoms with van der Waals surface area (Å²) in [5, 5.41) is 0. The van der Waals surface area contributed by atoms with Crippen molar-refractivity contribution in [2.45, 2.75) is 19.9 Å². The van der Waals surface area contributed by atoms with Crippen molar-refractivity contribution < 1.29 is 9.53 Å². The molecule has 0 saturated heterocycles. The Morgan fingerprint density at radius 3 is 2.83 bits per heavy atom. The Morgan fingerprint density at radius 1 is 1.29 bits per heavy atom. The van der Waals surface area contributed by atoms with Crippen molar-refractivity contribution in [2.24, 2.45) is 4.99 Å². The van der Waals surface area contributed by atoms with Crippen molar-refractivity contribution in [1.29, 1.82) is 0 Å². The standard InChI is InChI=1S/C18H17BrN2O2S/c1-3-9-21-15-11-14(23-2)7-8-16(15)24-18(21)20-17(22)12-5-4-6-13(19)10-12/h4-8,10-11H,3,9H2,1-2H3. The van der Waals surface area contributed by atoms with Gasteiger partial charge in [-0.05, 0) is 36.8 Å². The molecule has 0 saturated carbocycles. The Labute approximate surface area is 152 Å². The van der Waals surface area contributed by atoms with Crippen LogP contribution < -0.4 is 9.54 Å². The third-order valence-corrected chi connectivity index (χ3v) is 5.16. The van der Waals surface area contributed by atoms with Gasteiger partial charge in [0.1, 0.15) is 5.75 Å². The minimum Gasteiger partial charge on any atom is -0.497 e. The Hall–Kier alpha value is -1.92. The third-order valence-electron chi connectivity index (χ3n) is 3.61. The molecule has 0 aliphatic carbocycles. The first-order chi connectivity index (χ1) is 11.6. The zero-order valence-corrected chi connectivity index (χ0v) is 15.9. The summed E-state index contributed by atoms with van der Waals surface area (Å²) in [6.45, 7) is 2.91. The van der Waals surface area contributed by atoms with E-state index in [4.69, 9.17) is 4.74 Å². The van der Waals surface area contributed by atoms with Gasteiger partial charge in [0.25, 0.3) is 5.91 Å². The molecule has 1 amide bonds. The lowest BCUT2D eigenvalue weighted by atomic mass is 10.2. The van der Waals surface area contributed by atoms with Gasteiger partial charge in [-0.3, -0.25) is 4.79 Å². The zero-order chi connectivity index (χ0) is 17.1. The van der Waals surface area contributed by atoms with Gasteiger partial charge < -0.3 is 9.30 Å². The van der Waals surface area contributed by atoms with E-state index in [0.717, 1.165) is 33.4 Å². The van der Waals surface area contributed by atoms with Crippen LogP contribution in [0.1, 0.15) is 23.7 Å². The molecule has 0 N–H and O–H groups in total. The van der Waals surface area contributed by atoms with Crippen molar-refractivity contribution in [2.75, 3.05) is 7.11 Å². The highest BCUT2D eigenvalue weighted by molar-refractivity contribution is 9.10. The number of amides is 1. The Kier molecular flexibility index (Phi) is 5.16. The molecule has 0 bridgehead atoms. The monoisotopic (exact) mass is 404 g/mol. The number of thiazole rings is 1. The number of nitrogens with zero attached hydrogens (tertiary/aromatic N) is 2. The van der Waals surface area contributed by atoms with Crippen LogP contribution in [0.3, 0.4) is 0 Å². The quantitative estimate of drug-likeness (QED) is 0.636. The van der Waals surface area contributed by atoms with E-state index in [0.29, 0.717) is 10.4 Å². The highest BCUT2D eigenvalue weighted by Gasteiger charge is 2.10. The number of methoxy groups -OCH3 is 1. The molecular formula is C18H17BrN2O2S. The molecule has 1 heterocycles. The maximum atomic E-state index is 12.5. The van der Waals surface area contributed by atoms with Crippen molar-refractivity contribution in [3.63, 3.8) is 0 Å². The number of rotatable bonds is 4. The van der Waals surface area contributed by atoms with Gasteiger partial charge in [0.05, 0.1) is 17.3 Å². The van der Waals surface area contributed by atoms with Crippen molar-refractivity contribution in [3.8, 4) is 5.75 Å². The zero-order valence-electron chi connectivity index (χ0n) is 13.5. The summed E-state index contributed by atoms with van der Waals surface area (Å²) in [4.78, 5) is 17.6. The number of benzene rings is 2. The summed E-state index contributed by atoms with van der Waals surface area (Å²) in [5.74, 6) is 0.565. The molecule has 0 radical (unpaired) electrons. The van der Waals surface area contributed by atoms with Crippen LogP contribution in [0.25, 0.3) is 10.2 Å². The number of hydrogen-bond donors (Lipinski definition) is 0. The van der Waals surface area contributed by atoms with Crippen LogP contribution in [0.5, 0.6) is 5.75 Å². The molecule has 0 unspecified atom stereocenters. The molecule has 0 fully saturated rings. The van der Waals surface area contributed by atoms with Crippen LogP contribution in [-0.4, -0.2) is 17.6 Å². The van der Waals surface area contributed by atoms with Crippen molar-refractivity contribution >= 4 is 43.4 Å².